The van der Waals surface area contributed by atoms with Crippen LogP contribution in [0.15, 0.2) is 59.8 Å². The first kappa shape index (κ1) is 20.8. The summed E-state index contributed by atoms with van der Waals surface area (Å²) in [6.07, 6.45) is 0. The third-order valence-electron chi connectivity index (χ3n) is 4.92. The number of nitro benzene ring substituents is 1. The molecule has 0 aromatic heterocycles. The van der Waals surface area contributed by atoms with Crippen LogP contribution in [0.1, 0.15) is 24.1 Å². The number of non-ortho nitro benzene ring substituents is 1. The fourth-order valence-electron chi connectivity index (χ4n) is 3.41. The topological polar surface area (TPSA) is 111 Å². The minimum absolute atomic E-state index is 0.173. The molecule has 3 rings (SSSR count). The Balaban J connectivity index is 2.12. The number of amides is 2. The number of urea groups is 1. The molecule has 2 aromatic carbocycles. The Hall–Kier alpha value is -3.88. The quantitative estimate of drug-likeness (QED) is 0.443. The summed E-state index contributed by atoms with van der Waals surface area (Å²) >= 11 is 0. The highest BCUT2D eigenvalue weighted by molar-refractivity contribution is 5.95. The highest BCUT2D eigenvalue weighted by Gasteiger charge is 2.38. The molecule has 2 aromatic rings. The van der Waals surface area contributed by atoms with E-state index < -0.39 is 23.0 Å². The predicted molar refractivity (Wildman–Crippen MR) is 108 cm³/mol. The van der Waals surface area contributed by atoms with Gasteiger partial charge in [-0.15, -0.1) is 0 Å². The Kier molecular flexibility index (Phi) is 6.01. The van der Waals surface area contributed by atoms with Crippen LogP contribution in [0, 0.1) is 10.1 Å². The summed E-state index contributed by atoms with van der Waals surface area (Å²) in [6.45, 7) is 1.89. The minimum Gasteiger partial charge on any atom is -0.496 e. The smallest absolute Gasteiger partial charge is 0.337 e. The molecule has 1 aliphatic heterocycles. The average molecular weight is 411 g/mol. The van der Waals surface area contributed by atoms with Gasteiger partial charge in [-0.2, -0.15) is 0 Å². The van der Waals surface area contributed by atoms with Gasteiger partial charge in [0.05, 0.1) is 37.3 Å². The number of benzene rings is 2. The largest absolute Gasteiger partial charge is 0.496 e. The Bertz CT molecular complexity index is 1020. The monoisotopic (exact) mass is 411 g/mol. The maximum Gasteiger partial charge on any atom is 0.337 e. The number of esters is 1. The number of hydrogen-bond donors (Lipinski definition) is 1. The summed E-state index contributed by atoms with van der Waals surface area (Å²) in [4.78, 5) is 37.7. The average Bonchev–Trinajstić information content (AvgIpc) is 2.76. The van der Waals surface area contributed by atoms with E-state index >= 15 is 0 Å². The molecular formula is C21H21N3O6. The first-order valence-corrected chi connectivity index (χ1v) is 9.10. The lowest BCUT2D eigenvalue weighted by Gasteiger charge is -2.35. The molecule has 0 aliphatic carbocycles. The summed E-state index contributed by atoms with van der Waals surface area (Å²) in [7, 11) is 2.65. The molecule has 156 valence electrons. The zero-order valence-electron chi connectivity index (χ0n) is 16.7. The van der Waals surface area contributed by atoms with E-state index in [-0.39, 0.29) is 17.8 Å². The lowest BCUT2D eigenvalue weighted by molar-refractivity contribution is -0.385. The van der Waals surface area contributed by atoms with E-state index in [1.807, 2.05) is 30.3 Å². The molecule has 0 saturated carbocycles. The van der Waals surface area contributed by atoms with Gasteiger partial charge in [0.25, 0.3) is 5.69 Å². The molecule has 9 nitrogen and oxygen atoms in total. The van der Waals surface area contributed by atoms with Crippen molar-refractivity contribution in [2.24, 2.45) is 0 Å². The third kappa shape index (κ3) is 3.95. The number of nitrogens with zero attached hydrogens (tertiary/aromatic N) is 2. The number of rotatable bonds is 6. The van der Waals surface area contributed by atoms with Crippen molar-refractivity contribution in [1.82, 2.24) is 10.2 Å². The van der Waals surface area contributed by atoms with Gasteiger partial charge >= 0.3 is 12.0 Å². The first-order chi connectivity index (χ1) is 14.4. The molecule has 1 atom stereocenters. The van der Waals surface area contributed by atoms with Crippen molar-refractivity contribution in [2.75, 3.05) is 14.2 Å². The lowest BCUT2D eigenvalue weighted by Crippen LogP contribution is -2.47. The van der Waals surface area contributed by atoms with Crippen molar-refractivity contribution in [3.8, 4) is 5.75 Å². The normalized spacial score (nSPS) is 16.2. The van der Waals surface area contributed by atoms with E-state index in [9.17, 15) is 19.7 Å². The van der Waals surface area contributed by atoms with Crippen molar-refractivity contribution < 1.29 is 24.0 Å². The van der Waals surface area contributed by atoms with Gasteiger partial charge in [-0.1, -0.05) is 30.3 Å². The number of nitrogens with one attached hydrogen (secondary N) is 1. The maximum atomic E-state index is 12.9. The number of ether oxygens (including phenoxy) is 2. The van der Waals surface area contributed by atoms with E-state index in [1.165, 1.54) is 37.3 Å². The summed E-state index contributed by atoms with van der Waals surface area (Å²) in [5.41, 5.74) is 1.55. The van der Waals surface area contributed by atoms with Gasteiger partial charge in [0.2, 0.25) is 0 Å². The molecule has 1 N–H and O–H groups in total. The molecule has 9 heteroatoms. The molecule has 0 radical (unpaired) electrons. The fraction of sp³-hybridized carbons (Fsp3) is 0.238. The van der Waals surface area contributed by atoms with E-state index in [0.29, 0.717) is 17.0 Å². The van der Waals surface area contributed by atoms with Crippen LogP contribution < -0.4 is 10.1 Å². The van der Waals surface area contributed by atoms with Gasteiger partial charge in [-0.25, -0.2) is 9.59 Å². The van der Waals surface area contributed by atoms with Gasteiger partial charge in [0.1, 0.15) is 5.75 Å². The second-order valence-electron chi connectivity index (χ2n) is 6.63. The van der Waals surface area contributed by atoms with Gasteiger partial charge in [0, 0.05) is 23.4 Å². The summed E-state index contributed by atoms with van der Waals surface area (Å²) < 4.78 is 10.3. The minimum atomic E-state index is -0.966. The lowest BCUT2D eigenvalue weighted by atomic mass is 9.93. The van der Waals surface area contributed by atoms with Crippen LogP contribution in [-0.2, 0) is 16.1 Å². The van der Waals surface area contributed by atoms with Crippen LogP contribution in [0.4, 0.5) is 10.5 Å². The molecule has 0 fully saturated rings. The van der Waals surface area contributed by atoms with Crippen LogP contribution in [0.2, 0.25) is 0 Å². The van der Waals surface area contributed by atoms with Crippen LogP contribution in [0.5, 0.6) is 5.75 Å². The predicted octanol–water partition coefficient (Wildman–Crippen LogP) is 3.32. The Morgan fingerprint density at radius 2 is 1.90 bits per heavy atom. The zero-order valence-corrected chi connectivity index (χ0v) is 16.7. The van der Waals surface area contributed by atoms with Crippen LogP contribution in [-0.4, -0.2) is 36.0 Å². The molecular weight excluding hydrogens is 390 g/mol. The van der Waals surface area contributed by atoms with Gasteiger partial charge in [-0.05, 0) is 18.6 Å². The van der Waals surface area contributed by atoms with Crippen molar-refractivity contribution in [1.29, 1.82) is 0 Å². The number of methoxy groups -OCH3 is 2. The Morgan fingerprint density at radius 1 is 1.20 bits per heavy atom. The fourth-order valence-corrected chi connectivity index (χ4v) is 3.41. The molecule has 1 aliphatic rings. The number of nitro groups is 1. The Labute approximate surface area is 173 Å². The second-order valence-corrected chi connectivity index (χ2v) is 6.63. The number of carbonyl (C=O) groups is 2. The van der Waals surface area contributed by atoms with Crippen molar-refractivity contribution in [3.63, 3.8) is 0 Å². The van der Waals surface area contributed by atoms with E-state index in [4.69, 9.17) is 9.47 Å². The van der Waals surface area contributed by atoms with Crippen LogP contribution in [0.3, 0.4) is 0 Å². The molecule has 30 heavy (non-hydrogen) atoms. The maximum absolute atomic E-state index is 12.9. The number of hydrogen-bond acceptors (Lipinski definition) is 6. The van der Waals surface area contributed by atoms with Gasteiger partial charge < -0.3 is 14.8 Å². The highest BCUT2D eigenvalue weighted by Crippen LogP contribution is 2.38. The summed E-state index contributed by atoms with van der Waals surface area (Å²) in [5.74, 6) is -0.347. The van der Waals surface area contributed by atoms with Crippen molar-refractivity contribution in [2.45, 2.75) is 19.5 Å². The SMILES string of the molecule is COC(=O)C1=C(C)N(Cc2ccccc2)C(=O)NC1c1cc([N+](=O)[O-])ccc1OC. The molecule has 1 heterocycles. The molecule has 2 amide bonds. The molecule has 0 spiro atoms. The summed E-state index contributed by atoms with van der Waals surface area (Å²) in [5, 5.41) is 14.0. The van der Waals surface area contributed by atoms with E-state index in [0.717, 1.165) is 5.56 Å². The Morgan fingerprint density at radius 3 is 2.50 bits per heavy atom. The van der Waals surface area contributed by atoms with Crippen molar-refractivity contribution >= 4 is 17.7 Å². The summed E-state index contributed by atoms with van der Waals surface area (Å²) in [6, 6.07) is 11.9. The zero-order chi connectivity index (χ0) is 21.8. The van der Waals surface area contributed by atoms with E-state index in [2.05, 4.69) is 5.32 Å². The standard InChI is InChI=1S/C21H21N3O6/c1-13-18(20(25)30-3)19(16-11-15(24(27)28)9-10-17(16)29-2)22-21(26)23(13)12-14-7-5-4-6-8-14/h4-11,19H,12H2,1-3H3,(H,22,26). The molecule has 0 bridgehead atoms. The first-order valence-electron chi connectivity index (χ1n) is 9.10. The van der Waals surface area contributed by atoms with Gasteiger partial charge in [0.15, 0.2) is 0 Å². The molecule has 1 unspecified atom stereocenters. The highest BCUT2D eigenvalue weighted by atomic mass is 16.6. The van der Waals surface area contributed by atoms with Crippen molar-refractivity contribution in [3.05, 3.63) is 81.0 Å². The molecule has 0 saturated heterocycles. The van der Waals surface area contributed by atoms with Crippen LogP contribution >= 0.6 is 0 Å². The van der Waals surface area contributed by atoms with Crippen LogP contribution in [0.25, 0.3) is 0 Å². The second kappa shape index (κ2) is 8.64. The number of allylic oxidation sites excluding steroid dienone is 1. The van der Waals surface area contributed by atoms with Gasteiger partial charge in [-0.3, -0.25) is 15.0 Å². The van der Waals surface area contributed by atoms with E-state index in [1.54, 1.807) is 6.92 Å². The number of carbonyl (C=O) groups excluding carboxylic acids is 2. The third-order valence-corrected chi connectivity index (χ3v) is 4.92.